The molecule has 40 heavy (non-hydrogen) atoms. The summed E-state index contributed by atoms with van der Waals surface area (Å²) in [4.78, 5) is 50.8. The van der Waals surface area contributed by atoms with Crippen molar-refractivity contribution < 1.29 is 23.9 Å². The Hall–Kier alpha value is -1.42. The van der Waals surface area contributed by atoms with Crippen molar-refractivity contribution in [1.29, 1.82) is 0 Å². The van der Waals surface area contributed by atoms with Crippen molar-refractivity contribution in [2.24, 2.45) is 11.8 Å². The number of carbonyl (C=O) groups is 4. The summed E-state index contributed by atoms with van der Waals surface area (Å²) >= 11 is 51.5. The molecule has 2 aromatic carbocycles. The van der Waals surface area contributed by atoms with Crippen LogP contribution in [0.4, 0.5) is 0 Å². The van der Waals surface area contributed by atoms with Gasteiger partial charge in [0.15, 0.2) is 10.1 Å². The maximum Gasteiger partial charge on any atom is 0.273 e. The van der Waals surface area contributed by atoms with Crippen LogP contribution in [0.1, 0.15) is 20.7 Å². The molecule has 2 aliphatic carbocycles. The maximum atomic E-state index is 13.9. The second-order valence-corrected chi connectivity index (χ2v) is 13.3. The maximum absolute atomic E-state index is 13.9. The van der Waals surface area contributed by atoms with E-state index in [1.165, 1.54) is 49.6 Å². The normalized spacial score (nSPS) is 28.3. The zero-order chi connectivity index (χ0) is 29.5. The summed E-state index contributed by atoms with van der Waals surface area (Å²) in [5.41, 5.74) is 0.0972. The summed E-state index contributed by atoms with van der Waals surface area (Å²) < 4.78 is 2.94. The molecule has 1 saturated carbocycles. The predicted molar refractivity (Wildman–Crippen MR) is 154 cm³/mol. The second kappa shape index (κ2) is 10.1. The topological polar surface area (TPSA) is 84.0 Å². The van der Waals surface area contributed by atoms with E-state index in [4.69, 9.17) is 97.5 Å². The summed E-state index contributed by atoms with van der Waals surface area (Å²) in [6, 6.07) is 9.91. The number of halogens is 8. The van der Waals surface area contributed by atoms with E-state index in [1.54, 1.807) is 0 Å². The summed E-state index contributed by atoms with van der Waals surface area (Å²) in [7, 11) is 1.46. The van der Waals surface area contributed by atoms with E-state index in [0.717, 1.165) is 0 Å². The molecule has 0 aromatic heterocycles. The quantitative estimate of drug-likeness (QED) is 0.190. The molecule has 7 nitrogen and oxygen atoms in total. The monoisotopic (exact) mass is 702 g/mol. The van der Waals surface area contributed by atoms with E-state index in [-0.39, 0.29) is 31.2 Å². The zero-order valence-corrected chi connectivity index (χ0v) is 25.9. The highest BCUT2D eigenvalue weighted by Crippen LogP contribution is 2.77. The van der Waals surface area contributed by atoms with Gasteiger partial charge in [-0.2, -0.15) is 5.01 Å². The van der Waals surface area contributed by atoms with Crippen LogP contribution in [-0.2, 0) is 9.59 Å². The minimum Gasteiger partial charge on any atom is -0.497 e. The number of rotatable bonds is 6. The van der Waals surface area contributed by atoms with Gasteiger partial charge in [0, 0.05) is 11.1 Å². The van der Waals surface area contributed by atoms with E-state index in [2.05, 4.69) is 0 Å². The SMILES string of the molecule is COc1ccc(C(=O)CN(C(=O)c2ccc(Cl)c(Cl)c2)N2C(=O)[C@@H]3[C@@H](C2=O)[C@@]2(Cl)C(Cl)=C(Cl)[C@@]3(Cl)C2(Cl)Cl)cc1. The van der Waals surface area contributed by atoms with Gasteiger partial charge < -0.3 is 4.74 Å². The van der Waals surface area contributed by atoms with Crippen LogP contribution in [-0.4, -0.2) is 61.3 Å². The number of methoxy groups -OCH3 is 1. The Labute approximate surface area is 267 Å². The molecule has 5 rings (SSSR count). The lowest BCUT2D eigenvalue weighted by atomic mass is 9.84. The third-order valence-corrected chi connectivity index (χ3v) is 12.2. The van der Waals surface area contributed by atoms with Gasteiger partial charge in [-0.1, -0.05) is 69.6 Å². The Morgan fingerprint density at radius 1 is 0.825 bits per heavy atom. The number of Topliss-reactive ketones (excluding diaryl/α,β-unsaturated/α-hetero) is 1. The van der Waals surface area contributed by atoms with Crippen molar-refractivity contribution in [2.75, 3.05) is 13.7 Å². The highest BCUT2D eigenvalue weighted by atomic mass is 35.5. The Kier molecular flexibility index (Phi) is 7.58. The second-order valence-electron chi connectivity index (χ2n) is 9.21. The minimum absolute atomic E-state index is 0.0270. The van der Waals surface area contributed by atoms with Gasteiger partial charge in [-0.25, -0.2) is 5.01 Å². The Balaban J connectivity index is 1.59. The number of hydrazine groups is 1. The summed E-state index contributed by atoms with van der Waals surface area (Å²) in [5, 5.41) is 0.787. The number of imide groups is 1. The number of nitrogens with zero attached hydrogens (tertiary/aromatic N) is 2. The fourth-order valence-corrected chi connectivity index (χ4v) is 8.46. The Morgan fingerprint density at radius 2 is 1.32 bits per heavy atom. The minimum atomic E-state index is -2.17. The lowest BCUT2D eigenvalue weighted by Gasteiger charge is -2.36. The number of hydrogen-bond acceptors (Lipinski definition) is 5. The van der Waals surface area contributed by atoms with Gasteiger partial charge >= 0.3 is 0 Å². The number of ether oxygens (including phenoxy) is 1. The van der Waals surface area contributed by atoms with E-state index >= 15 is 0 Å². The molecule has 210 valence electrons. The number of benzene rings is 2. The first-order valence-corrected chi connectivity index (χ1v) is 14.3. The zero-order valence-electron chi connectivity index (χ0n) is 19.9. The average Bonchev–Trinajstić information content (AvgIpc) is 3.31. The van der Waals surface area contributed by atoms with Crippen LogP contribution >= 0.6 is 92.8 Å². The number of fused-ring (bicyclic) bond motifs is 5. The van der Waals surface area contributed by atoms with Crippen molar-refractivity contribution in [3.05, 3.63) is 73.7 Å². The number of ketones is 1. The molecule has 4 atom stereocenters. The molecule has 2 fully saturated rings. The summed E-state index contributed by atoms with van der Waals surface area (Å²) in [6.45, 7) is -0.741. The highest BCUT2D eigenvalue weighted by Gasteiger charge is 2.88. The van der Waals surface area contributed by atoms with Crippen LogP contribution in [0, 0.1) is 11.8 Å². The van der Waals surface area contributed by atoms with Gasteiger partial charge in [0.1, 0.15) is 22.0 Å². The number of amides is 3. The molecule has 0 unspecified atom stereocenters. The smallest absolute Gasteiger partial charge is 0.273 e. The molecule has 15 heteroatoms. The van der Waals surface area contributed by atoms with Gasteiger partial charge in [-0.05, 0) is 42.5 Å². The van der Waals surface area contributed by atoms with Crippen LogP contribution in [0.5, 0.6) is 5.75 Å². The average molecular weight is 706 g/mol. The van der Waals surface area contributed by atoms with Crippen molar-refractivity contribution >= 4 is 116 Å². The van der Waals surface area contributed by atoms with E-state index in [1.807, 2.05) is 0 Å². The fraction of sp³-hybridized carbons (Fsp3) is 0.280. The number of alkyl halides is 4. The van der Waals surface area contributed by atoms with Crippen LogP contribution < -0.4 is 4.74 Å². The van der Waals surface area contributed by atoms with Crippen LogP contribution in [0.3, 0.4) is 0 Å². The van der Waals surface area contributed by atoms with E-state index in [0.29, 0.717) is 15.8 Å². The van der Waals surface area contributed by atoms with Crippen LogP contribution in [0.2, 0.25) is 10.0 Å². The summed E-state index contributed by atoms with van der Waals surface area (Å²) in [6.07, 6.45) is 0. The Morgan fingerprint density at radius 3 is 1.80 bits per heavy atom. The van der Waals surface area contributed by atoms with Gasteiger partial charge in [-0.15, -0.1) is 23.2 Å². The molecule has 0 radical (unpaired) electrons. The molecule has 3 aliphatic rings. The van der Waals surface area contributed by atoms with Crippen molar-refractivity contribution in [3.63, 3.8) is 0 Å². The number of carbonyl (C=O) groups excluding carboxylic acids is 4. The van der Waals surface area contributed by atoms with E-state index in [9.17, 15) is 19.2 Å². The van der Waals surface area contributed by atoms with E-state index < -0.39 is 56.0 Å². The molecule has 2 aromatic rings. The lowest BCUT2D eigenvalue weighted by molar-refractivity contribution is -0.154. The van der Waals surface area contributed by atoms with Crippen molar-refractivity contribution in [3.8, 4) is 5.75 Å². The Bertz CT molecular complexity index is 1480. The fourth-order valence-electron chi connectivity index (χ4n) is 5.23. The first kappa shape index (κ1) is 30.1. The summed E-state index contributed by atoms with van der Waals surface area (Å²) in [5.74, 6) is -6.08. The molecule has 3 amide bonds. The first-order valence-electron chi connectivity index (χ1n) is 11.3. The molecule has 2 bridgehead atoms. The van der Waals surface area contributed by atoms with Gasteiger partial charge in [0.2, 0.25) is 0 Å². The molecule has 0 N–H and O–H groups in total. The first-order chi connectivity index (χ1) is 18.6. The van der Waals surface area contributed by atoms with Crippen molar-refractivity contribution in [1.82, 2.24) is 10.0 Å². The third-order valence-electron chi connectivity index (χ3n) is 7.23. The molecule has 0 spiro atoms. The van der Waals surface area contributed by atoms with Gasteiger partial charge in [0.05, 0.1) is 39.1 Å². The van der Waals surface area contributed by atoms with Crippen LogP contribution in [0.25, 0.3) is 0 Å². The molecule has 1 aliphatic heterocycles. The highest BCUT2D eigenvalue weighted by molar-refractivity contribution is 6.66. The van der Waals surface area contributed by atoms with Gasteiger partial charge in [0.25, 0.3) is 17.7 Å². The molecular formula is C25H14Cl8N2O5. The molecule has 1 heterocycles. The predicted octanol–water partition coefficient (Wildman–Crippen LogP) is 6.69. The van der Waals surface area contributed by atoms with Gasteiger partial charge in [-0.3, -0.25) is 19.2 Å². The largest absolute Gasteiger partial charge is 0.497 e. The standard InChI is InChI=1S/C25H14Cl8N2O5/c1-40-12-5-2-10(3-6-12)15(36)9-34(20(37)11-4-7-13(26)14(27)8-11)35-21(38)16-17(22(35)39)24(31)19(29)18(28)23(16,30)25(24,32)33/h2-8,16-17H,9H2,1H3/t16-,17-,23+,24+/m0/s1. The molecular weight excluding hydrogens is 692 g/mol. The number of hydrogen-bond donors (Lipinski definition) is 0. The number of allylic oxidation sites excluding steroid dienone is 2. The third kappa shape index (κ3) is 3.86. The lowest BCUT2D eigenvalue weighted by Crippen LogP contribution is -2.56. The molecule has 1 saturated heterocycles. The van der Waals surface area contributed by atoms with Crippen molar-refractivity contribution in [2.45, 2.75) is 14.1 Å². The van der Waals surface area contributed by atoms with Crippen LogP contribution in [0.15, 0.2) is 52.5 Å².